The molecule has 10 nitrogen and oxygen atoms in total. The Morgan fingerprint density at radius 3 is 2.55 bits per heavy atom. The zero-order valence-electron chi connectivity index (χ0n) is 25.7. The maximum absolute atomic E-state index is 15.1. The number of hydrogen-bond acceptors (Lipinski definition) is 8. The molecule has 12 heteroatoms. The molecule has 1 saturated heterocycles. The number of piperidine rings is 1. The molecule has 4 aromatic rings. The lowest BCUT2D eigenvalue weighted by Gasteiger charge is -2.33. The Kier molecular flexibility index (Phi) is 7.63. The number of amides is 1. The van der Waals surface area contributed by atoms with E-state index in [-0.39, 0.29) is 28.8 Å². The smallest absolute Gasteiger partial charge is 0.410 e. The number of aromatic nitrogens is 5. The van der Waals surface area contributed by atoms with Gasteiger partial charge in [0.1, 0.15) is 34.2 Å². The van der Waals surface area contributed by atoms with E-state index in [1.807, 2.05) is 25.3 Å². The number of ether oxygens (including phenoxy) is 2. The van der Waals surface area contributed by atoms with E-state index in [0.29, 0.717) is 48.3 Å². The van der Waals surface area contributed by atoms with Crippen LogP contribution in [0.3, 0.4) is 0 Å². The van der Waals surface area contributed by atoms with E-state index in [1.165, 1.54) is 6.07 Å². The number of nitrogens with one attached hydrogen (secondary N) is 1. The normalized spacial score (nSPS) is 16.7. The number of hydrogen-bond donors (Lipinski definition) is 1. The first-order chi connectivity index (χ1) is 20.9. The third kappa shape index (κ3) is 6.15. The van der Waals surface area contributed by atoms with Crippen molar-refractivity contribution in [2.75, 3.05) is 25.0 Å². The highest BCUT2D eigenvalue weighted by molar-refractivity contribution is 5.83. The van der Waals surface area contributed by atoms with Crippen LogP contribution in [0.15, 0.2) is 36.7 Å². The number of rotatable bonds is 6. The minimum atomic E-state index is -0.664. The van der Waals surface area contributed by atoms with Crippen molar-refractivity contribution in [3.05, 3.63) is 54.1 Å². The summed E-state index contributed by atoms with van der Waals surface area (Å²) < 4.78 is 43.5. The molecular formula is C32H37F2N7O3. The lowest BCUT2D eigenvalue weighted by atomic mass is 9.98. The van der Waals surface area contributed by atoms with Gasteiger partial charge in [-0.15, -0.1) is 0 Å². The van der Waals surface area contributed by atoms with Gasteiger partial charge in [-0.3, -0.25) is 0 Å². The zero-order chi connectivity index (χ0) is 31.2. The lowest BCUT2D eigenvalue weighted by Crippen LogP contribution is -2.42. The number of benzene rings is 1. The van der Waals surface area contributed by atoms with Gasteiger partial charge in [0.05, 0.1) is 24.5 Å². The van der Waals surface area contributed by atoms with Crippen LogP contribution in [-0.2, 0) is 16.7 Å². The Bertz CT molecular complexity index is 1690. The molecule has 0 radical (unpaired) electrons. The molecule has 5 heterocycles. The summed E-state index contributed by atoms with van der Waals surface area (Å²) in [4.78, 5) is 31.3. The number of pyridine rings is 1. The molecule has 44 heavy (non-hydrogen) atoms. The van der Waals surface area contributed by atoms with Crippen molar-refractivity contribution in [3.8, 4) is 17.0 Å². The maximum atomic E-state index is 15.1. The molecule has 0 aliphatic carbocycles. The summed E-state index contributed by atoms with van der Waals surface area (Å²) in [6.45, 7) is 11.5. The molecule has 1 amide bonds. The summed E-state index contributed by atoms with van der Waals surface area (Å²) in [6, 6.07) is 6.50. The van der Waals surface area contributed by atoms with Gasteiger partial charge in [0.15, 0.2) is 11.6 Å². The van der Waals surface area contributed by atoms with E-state index in [0.717, 1.165) is 37.7 Å². The van der Waals surface area contributed by atoms with Gasteiger partial charge >= 0.3 is 6.09 Å². The van der Waals surface area contributed by atoms with Crippen molar-refractivity contribution in [3.63, 3.8) is 0 Å². The van der Waals surface area contributed by atoms with Crippen LogP contribution in [0.2, 0.25) is 0 Å². The van der Waals surface area contributed by atoms with Crippen LogP contribution >= 0.6 is 0 Å². The zero-order valence-corrected chi connectivity index (χ0v) is 25.7. The quantitative estimate of drug-likeness (QED) is 0.261. The molecular weight excluding hydrogens is 568 g/mol. The summed E-state index contributed by atoms with van der Waals surface area (Å²) in [5.74, 6) is 1.13. The van der Waals surface area contributed by atoms with Gasteiger partial charge in [-0.25, -0.2) is 33.5 Å². The van der Waals surface area contributed by atoms with Gasteiger partial charge in [-0.2, -0.15) is 0 Å². The second kappa shape index (κ2) is 11.3. The van der Waals surface area contributed by atoms with Crippen LogP contribution in [0.25, 0.3) is 22.3 Å². The fraction of sp³-hybridized carbons (Fsp3) is 0.469. The van der Waals surface area contributed by atoms with Crippen molar-refractivity contribution in [2.45, 2.75) is 71.4 Å². The standard InChI is InChI=1S/C32H37F2N7O3/c1-31(2,3)44-30(42)40-12-9-19(10-13-40)18-43-21-6-7-25(35-16-21)37-29-36-17-23(34)27(39-29)20-14-22(33)28-24(15-20)41-26(38-28)8-11-32(41,4)5/h6-7,14-17,19H,8-13,18H2,1-5H3,(H,35,36,37,39). The third-order valence-corrected chi connectivity index (χ3v) is 8.09. The molecule has 6 rings (SSSR count). The topological polar surface area (TPSA) is 107 Å². The first-order valence-electron chi connectivity index (χ1n) is 14.9. The van der Waals surface area contributed by atoms with Crippen molar-refractivity contribution in [2.24, 2.45) is 5.92 Å². The van der Waals surface area contributed by atoms with Crippen LogP contribution in [0.1, 0.15) is 59.7 Å². The molecule has 0 spiro atoms. The Hall–Kier alpha value is -4.35. The molecule has 1 fully saturated rings. The Balaban J connectivity index is 1.09. The van der Waals surface area contributed by atoms with E-state index in [9.17, 15) is 9.18 Å². The lowest BCUT2D eigenvalue weighted by molar-refractivity contribution is 0.0165. The molecule has 0 saturated carbocycles. The van der Waals surface area contributed by atoms with Crippen LogP contribution in [-0.4, -0.2) is 60.8 Å². The Labute approximate surface area is 254 Å². The molecule has 0 unspecified atom stereocenters. The maximum Gasteiger partial charge on any atom is 0.410 e. The number of imidazole rings is 1. The molecule has 0 bridgehead atoms. The summed E-state index contributed by atoms with van der Waals surface area (Å²) in [7, 11) is 0. The van der Waals surface area contributed by atoms with Crippen LogP contribution in [0.5, 0.6) is 5.75 Å². The van der Waals surface area contributed by atoms with E-state index in [1.54, 1.807) is 29.3 Å². The highest BCUT2D eigenvalue weighted by Crippen LogP contribution is 2.38. The number of carbonyl (C=O) groups excluding carboxylic acids is 1. The van der Waals surface area contributed by atoms with Crippen LogP contribution < -0.4 is 10.1 Å². The van der Waals surface area contributed by atoms with E-state index in [2.05, 4.69) is 39.1 Å². The fourth-order valence-corrected chi connectivity index (χ4v) is 5.80. The number of aryl methyl sites for hydroxylation is 1. The second-order valence-electron chi connectivity index (χ2n) is 13.1. The highest BCUT2D eigenvalue weighted by Gasteiger charge is 2.33. The van der Waals surface area contributed by atoms with Crippen molar-refractivity contribution in [1.29, 1.82) is 0 Å². The van der Waals surface area contributed by atoms with Gasteiger partial charge in [-0.05, 0) is 84.1 Å². The Morgan fingerprint density at radius 2 is 1.84 bits per heavy atom. The van der Waals surface area contributed by atoms with Crippen LogP contribution in [0, 0.1) is 17.6 Å². The van der Waals surface area contributed by atoms with E-state index in [4.69, 9.17) is 9.47 Å². The Morgan fingerprint density at radius 1 is 1.07 bits per heavy atom. The average Bonchev–Trinajstić information content (AvgIpc) is 3.50. The second-order valence-corrected chi connectivity index (χ2v) is 13.1. The van der Waals surface area contributed by atoms with E-state index < -0.39 is 17.2 Å². The number of nitrogens with zero attached hydrogens (tertiary/aromatic N) is 6. The van der Waals surface area contributed by atoms with Crippen molar-refractivity contribution < 1.29 is 23.0 Å². The predicted octanol–water partition coefficient (Wildman–Crippen LogP) is 6.62. The summed E-state index contributed by atoms with van der Waals surface area (Å²) in [6.07, 6.45) is 5.69. The molecule has 1 aromatic carbocycles. The minimum Gasteiger partial charge on any atom is -0.492 e. The average molecular weight is 606 g/mol. The number of fused-ring (bicyclic) bond motifs is 3. The van der Waals surface area contributed by atoms with Crippen LogP contribution in [0.4, 0.5) is 25.3 Å². The molecule has 2 aliphatic rings. The van der Waals surface area contributed by atoms with Gasteiger partial charge in [0.25, 0.3) is 0 Å². The van der Waals surface area contributed by atoms with Crippen molar-refractivity contribution >= 4 is 28.9 Å². The molecule has 1 N–H and O–H groups in total. The molecule has 0 atom stereocenters. The van der Waals surface area contributed by atoms with Gasteiger partial charge in [0, 0.05) is 30.6 Å². The summed E-state index contributed by atoms with van der Waals surface area (Å²) in [5, 5.41) is 2.99. The molecule has 2 aliphatic heterocycles. The predicted molar refractivity (Wildman–Crippen MR) is 162 cm³/mol. The summed E-state index contributed by atoms with van der Waals surface area (Å²) in [5.41, 5.74) is 0.457. The monoisotopic (exact) mass is 605 g/mol. The first kappa shape index (κ1) is 29.7. The highest BCUT2D eigenvalue weighted by atomic mass is 19.1. The molecule has 232 valence electrons. The van der Waals surface area contributed by atoms with Crippen molar-refractivity contribution in [1.82, 2.24) is 29.4 Å². The number of halogens is 2. The van der Waals surface area contributed by atoms with Gasteiger partial charge in [-0.1, -0.05) is 0 Å². The van der Waals surface area contributed by atoms with Gasteiger partial charge < -0.3 is 24.3 Å². The number of likely N-dealkylation sites (tertiary alicyclic amines) is 1. The minimum absolute atomic E-state index is 0.0210. The fourth-order valence-electron chi connectivity index (χ4n) is 5.80. The molecule has 3 aromatic heterocycles. The number of anilines is 2. The number of carbonyl (C=O) groups is 1. The summed E-state index contributed by atoms with van der Waals surface area (Å²) >= 11 is 0. The van der Waals surface area contributed by atoms with Gasteiger partial charge in [0.2, 0.25) is 5.95 Å². The first-order valence-corrected chi connectivity index (χ1v) is 14.9. The largest absolute Gasteiger partial charge is 0.492 e. The SMILES string of the molecule is CC(C)(C)OC(=O)N1CCC(COc2ccc(Nc3ncc(F)c(-c4cc(F)c5nc6n(c5c4)C(C)(C)CC6)n3)nc2)CC1. The van der Waals surface area contributed by atoms with E-state index >= 15 is 4.39 Å². The third-order valence-electron chi connectivity index (χ3n) is 8.09.